The lowest BCUT2D eigenvalue weighted by atomic mass is 10.1. The maximum atomic E-state index is 14.2. The molecule has 2 aromatic rings. The average Bonchev–Trinajstić information content (AvgIpc) is 3.31. The normalized spacial score (nSPS) is 21.5. The summed E-state index contributed by atoms with van der Waals surface area (Å²) < 4.78 is 39.3. The molecule has 0 saturated heterocycles. The molecule has 4 rings (SSSR count). The van der Waals surface area contributed by atoms with Crippen LogP contribution in [0.2, 0.25) is 0 Å². The number of carbonyl (C=O) groups is 9. The number of rotatable bonds is 9. The first-order valence-corrected chi connectivity index (χ1v) is 23.4. The molecule has 2 aromatic heterocycles. The third-order valence-electron chi connectivity index (χ3n) is 9.66. The van der Waals surface area contributed by atoms with Crippen LogP contribution in [0.5, 0.6) is 0 Å². The van der Waals surface area contributed by atoms with E-state index in [4.69, 9.17) is 9.47 Å². The van der Waals surface area contributed by atoms with Crippen molar-refractivity contribution < 1.29 is 61.4 Å². The van der Waals surface area contributed by atoms with Gasteiger partial charge in [-0.05, 0) is 81.7 Å². The summed E-state index contributed by atoms with van der Waals surface area (Å²) >= 11 is 5.26. The smallest absolute Gasteiger partial charge is 0.329 e. The molecule has 0 fully saturated rings. The quantitative estimate of drug-likeness (QED) is 0.0624. The first-order valence-electron chi connectivity index (χ1n) is 21.8. The second-order valence-electron chi connectivity index (χ2n) is 14.8. The van der Waals surface area contributed by atoms with Gasteiger partial charge < -0.3 is 41.4 Å². The number of cyclic esters (lactones) is 2. The third-order valence-corrected chi connectivity index (χ3v) is 10.8. The first kappa shape index (κ1) is 56.6. The number of thioether (sulfide) groups is 1. The minimum Gasteiger partial charge on any atom is -0.456 e. The van der Waals surface area contributed by atoms with Crippen molar-refractivity contribution in [2.45, 2.75) is 111 Å². The minimum absolute atomic E-state index is 0.0259. The molecule has 4 bridgehead atoms. The molecule has 0 radical (unpaired) electrons. The van der Waals surface area contributed by atoms with Crippen molar-refractivity contribution in [3.8, 4) is 0 Å². The van der Waals surface area contributed by atoms with Crippen molar-refractivity contribution >= 4 is 76.9 Å². The highest BCUT2D eigenvalue weighted by molar-refractivity contribution is 8.13. The summed E-state index contributed by atoms with van der Waals surface area (Å²) in [6, 6.07) is 2.37. The van der Waals surface area contributed by atoms with Crippen LogP contribution >= 0.6 is 24.4 Å². The molecular formula is C46H56F2N8O11S2. The van der Waals surface area contributed by atoms with Gasteiger partial charge >= 0.3 is 11.9 Å². The molecule has 4 heterocycles. The molecule has 0 spiro atoms. The molecule has 23 heteroatoms. The van der Waals surface area contributed by atoms with Crippen molar-refractivity contribution in [1.82, 2.24) is 41.9 Å². The van der Waals surface area contributed by atoms with Gasteiger partial charge in [0.1, 0.15) is 58.7 Å². The van der Waals surface area contributed by atoms with Crippen LogP contribution in [0.15, 0.2) is 72.1 Å². The van der Waals surface area contributed by atoms with Crippen molar-refractivity contribution in [3.05, 3.63) is 107 Å². The lowest BCUT2D eigenvalue weighted by molar-refractivity contribution is -0.152. The number of nitrogens with zero attached hydrogens (tertiary/aromatic N) is 2. The SMILES string of the molecule is C/C=C1\NC(=O)c2ccc(F)c(n2)CNC(=O)C[C@@H](/C=C/CCS)OC(=O)[C@H](CC)NC1=O.C/C=C1\NC(=O)c2ccc(F)c(n2)CNC(=O)C[C@@H](/C=C/CCSC(C)=O)OC(=O)[C@H](CC)NC1=O. The zero-order valence-electron chi connectivity index (χ0n) is 38.7. The number of pyridine rings is 2. The summed E-state index contributed by atoms with van der Waals surface area (Å²) in [6.45, 7) is 7.28. The minimum atomic E-state index is -1.04. The summed E-state index contributed by atoms with van der Waals surface area (Å²) in [7, 11) is 0. The van der Waals surface area contributed by atoms with Crippen LogP contribution < -0.4 is 31.9 Å². The van der Waals surface area contributed by atoms with E-state index in [-0.39, 0.29) is 78.1 Å². The van der Waals surface area contributed by atoms with Crippen LogP contribution in [0.25, 0.3) is 0 Å². The summed E-state index contributed by atoms with van der Waals surface area (Å²) in [5, 5.41) is 14.8. The van der Waals surface area contributed by atoms with Gasteiger partial charge in [0.05, 0.1) is 37.3 Å². The number of amides is 6. The monoisotopic (exact) mass is 998 g/mol. The predicted octanol–water partition coefficient (Wildman–Crippen LogP) is 3.46. The Morgan fingerprint density at radius 2 is 1.12 bits per heavy atom. The number of carbonyl (C=O) groups excluding carboxylic acids is 9. The fraction of sp³-hybridized carbons (Fsp3) is 0.413. The lowest BCUT2D eigenvalue weighted by Gasteiger charge is -2.21. The number of ether oxygens (including phenoxy) is 2. The molecule has 6 N–H and O–H groups in total. The lowest BCUT2D eigenvalue weighted by Crippen LogP contribution is -2.46. The van der Waals surface area contributed by atoms with Gasteiger partial charge in [-0.15, -0.1) is 0 Å². The number of aromatic nitrogens is 2. The zero-order chi connectivity index (χ0) is 51.0. The van der Waals surface area contributed by atoms with Crippen LogP contribution in [-0.2, 0) is 56.1 Å². The highest BCUT2D eigenvalue weighted by Gasteiger charge is 2.29. The molecule has 69 heavy (non-hydrogen) atoms. The molecule has 2 aliphatic rings. The molecule has 0 aliphatic carbocycles. The number of hydrogen-bond acceptors (Lipinski definition) is 15. The van der Waals surface area contributed by atoms with E-state index < -0.39 is 83.3 Å². The van der Waals surface area contributed by atoms with Gasteiger partial charge in [-0.25, -0.2) is 28.3 Å². The Morgan fingerprint density at radius 1 is 0.696 bits per heavy atom. The van der Waals surface area contributed by atoms with Crippen molar-refractivity contribution in [1.29, 1.82) is 0 Å². The summed E-state index contributed by atoms with van der Waals surface area (Å²) in [6.07, 6.45) is 8.39. The van der Waals surface area contributed by atoms with E-state index in [0.717, 1.165) is 30.0 Å². The zero-order valence-corrected chi connectivity index (χ0v) is 40.4. The Labute approximate surface area is 407 Å². The van der Waals surface area contributed by atoms with Crippen LogP contribution in [0, 0.1) is 11.6 Å². The Hall–Kier alpha value is -6.75. The van der Waals surface area contributed by atoms with Gasteiger partial charge in [0.2, 0.25) is 11.8 Å². The highest BCUT2D eigenvalue weighted by atomic mass is 32.2. The van der Waals surface area contributed by atoms with Gasteiger partial charge in [0.15, 0.2) is 5.12 Å². The standard InChI is InChI=1S/C24H29FN4O6S.C22H27FN4O5S/c1-4-17-22(32)29-18(5-2)24(34)35-15(8-6-7-11-36-14(3)30)12-21(31)26-13-20-16(25)9-10-19(27-20)23(33)28-17;1-3-15-20(29)27-16(4-2)22(31)32-13(7-5-6-10-33)11-19(28)24-12-18-14(23)8-9-17(25-18)21(30)26-15/h4,6,8-10,15,18H,5,7,11-13H2,1-3H3,(H,26,31)(H,28,33)(H,29,32);3,5,7-9,13,16,33H,4,6,10-12H2,1-2H3,(H,24,28)(H,26,30)(H,27,29)/b8-6+,17-4-;7-5+,15-3-/t15-,18+;13-,16+/m11/s1. The summed E-state index contributed by atoms with van der Waals surface area (Å²) in [5.41, 5.74) is -0.858. The molecule has 19 nitrogen and oxygen atoms in total. The Morgan fingerprint density at radius 3 is 1.49 bits per heavy atom. The number of allylic oxidation sites excluding steroid dienone is 4. The van der Waals surface area contributed by atoms with Crippen molar-refractivity contribution in [3.63, 3.8) is 0 Å². The van der Waals surface area contributed by atoms with Crippen LogP contribution in [-0.4, -0.2) is 98.3 Å². The van der Waals surface area contributed by atoms with E-state index in [0.29, 0.717) is 24.3 Å². The van der Waals surface area contributed by atoms with Crippen LogP contribution in [0.1, 0.15) is 106 Å². The van der Waals surface area contributed by atoms with Gasteiger partial charge in [-0.1, -0.05) is 49.9 Å². The molecule has 2 aliphatic heterocycles. The van der Waals surface area contributed by atoms with E-state index in [1.165, 1.54) is 45.1 Å². The summed E-state index contributed by atoms with van der Waals surface area (Å²) in [5.74, 6) is -5.85. The molecular weight excluding hydrogens is 943 g/mol. The van der Waals surface area contributed by atoms with Crippen molar-refractivity contribution in [2.75, 3.05) is 11.5 Å². The van der Waals surface area contributed by atoms with Gasteiger partial charge in [0, 0.05) is 12.7 Å². The topological polar surface area (TPSA) is 270 Å². The molecule has 372 valence electrons. The van der Waals surface area contributed by atoms with Crippen molar-refractivity contribution in [2.24, 2.45) is 0 Å². The molecule has 4 atom stereocenters. The number of thiol groups is 1. The van der Waals surface area contributed by atoms with Gasteiger partial charge in [-0.2, -0.15) is 12.6 Å². The Kier molecular flexibility index (Phi) is 23.9. The fourth-order valence-electron chi connectivity index (χ4n) is 5.97. The molecule has 0 aromatic carbocycles. The molecule has 0 saturated carbocycles. The number of fused-ring (bicyclic) bond motifs is 4. The van der Waals surface area contributed by atoms with Gasteiger partial charge in [0.25, 0.3) is 23.6 Å². The number of hydrogen-bond donors (Lipinski definition) is 7. The predicted molar refractivity (Wildman–Crippen MR) is 252 cm³/mol. The van der Waals surface area contributed by atoms with E-state index in [1.54, 1.807) is 32.1 Å². The van der Waals surface area contributed by atoms with E-state index >= 15 is 0 Å². The van der Waals surface area contributed by atoms with E-state index in [2.05, 4.69) is 54.5 Å². The number of halogens is 2. The fourth-order valence-corrected chi connectivity index (χ4v) is 6.66. The first-order chi connectivity index (χ1) is 32.9. The maximum Gasteiger partial charge on any atom is 0.329 e. The summed E-state index contributed by atoms with van der Waals surface area (Å²) in [4.78, 5) is 120. The van der Waals surface area contributed by atoms with Gasteiger partial charge in [-0.3, -0.25) is 33.6 Å². The average molecular weight is 999 g/mol. The molecule has 0 unspecified atom stereocenters. The third kappa shape index (κ3) is 19.0. The second-order valence-corrected chi connectivity index (χ2v) is 16.6. The second kappa shape index (κ2) is 29.2. The Balaban J connectivity index is 0.000000367. The van der Waals surface area contributed by atoms with E-state index in [9.17, 15) is 51.9 Å². The number of esters is 2. The number of nitrogens with one attached hydrogen (secondary N) is 6. The van der Waals surface area contributed by atoms with Crippen LogP contribution in [0.3, 0.4) is 0 Å². The van der Waals surface area contributed by atoms with Crippen LogP contribution in [0.4, 0.5) is 8.78 Å². The largest absolute Gasteiger partial charge is 0.456 e. The molecule has 6 amide bonds. The Bertz CT molecular complexity index is 2360. The van der Waals surface area contributed by atoms with E-state index in [1.807, 2.05) is 0 Å². The highest BCUT2D eigenvalue weighted by Crippen LogP contribution is 2.14. The maximum absolute atomic E-state index is 14.2.